The van der Waals surface area contributed by atoms with E-state index in [1.807, 2.05) is 0 Å². The fraction of sp³-hybridized carbons (Fsp3) is 1.00. The quantitative estimate of drug-likeness (QED) is 0.513. The fourth-order valence-electron chi connectivity index (χ4n) is 3.50. The molecule has 4 aliphatic carbocycles. The van der Waals surface area contributed by atoms with E-state index >= 15 is 0 Å². The van der Waals surface area contributed by atoms with Gasteiger partial charge in [0.2, 0.25) is 0 Å². The molecule has 4 unspecified atom stereocenters. The second kappa shape index (κ2) is 1.07. The largest absolute Gasteiger partial charge is 0.327 e. The van der Waals surface area contributed by atoms with Crippen molar-refractivity contribution in [3.05, 3.63) is 0 Å². The highest BCUT2D eigenvalue weighted by atomic mass is 14.8. The van der Waals surface area contributed by atoms with Gasteiger partial charge in [0.05, 0.1) is 0 Å². The molecule has 4 atom stereocenters. The molecule has 0 radical (unpaired) electrons. The number of nitrogens with two attached hydrogens (primary N) is 1. The van der Waals surface area contributed by atoms with Gasteiger partial charge in [-0.2, -0.15) is 0 Å². The molecule has 2 bridgehead atoms. The van der Waals surface area contributed by atoms with Crippen LogP contribution in [0.1, 0.15) is 25.7 Å². The van der Waals surface area contributed by atoms with Crippen LogP contribution < -0.4 is 5.73 Å². The van der Waals surface area contributed by atoms with Crippen molar-refractivity contribution in [3.8, 4) is 0 Å². The summed E-state index contributed by atoms with van der Waals surface area (Å²) in [5.74, 6) is 2.05. The Kier molecular flexibility index (Phi) is 0.563. The summed E-state index contributed by atoms with van der Waals surface area (Å²) in [6.45, 7) is 0. The molecule has 4 rings (SSSR count). The van der Waals surface area contributed by atoms with Crippen LogP contribution in [-0.2, 0) is 0 Å². The molecule has 0 saturated heterocycles. The van der Waals surface area contributed by atoms with Crippen LogP contribution in [-0.4, -0.2) is 6.04 Å². The molecule has 1 heteroatoms. The Hall–Kier alpha value is -0.0400. The van der Waals surface area contributed by atoms with Gasteiger partial charge in [0, 0.05) is 6.04 Å². The van der Waals surface area contributed by atoms with Crippen molar-refractivity contribution in [2.45, 2.75) is 31.7 Å². The standard InChI is InChI=1S/C8H13N/c9-7-4-8-2-1-6(8)5(7)3-8/h5-7H,1-4,9H2. The third-order valence-electron chi connectivity index (χ3n) is 4.09. The molecule has 1 spiro atoms. The molecule has 4 saturated carbocycles. The average Bonchev–Trinajstić information content (AvgIpc) is 2.18. The summed E-state index contributed by atoms with van der Waals surface area (Å²) in [6.07, 6.45) is 5.85. The Morgan fingerprint density at radius 3 is 2.44 bits per heavy atom. The van der Waals surface area contributed by atoms with Gasteiger partial charge in [0.25, 0.3) is 0 Å². The van der Waals surface area contributed by atoms with E-state index in [1.54, 1.807) is 0 Å². The van der Waals surface area contributed by atoms with Crippen LogP contribution in [0.2, 0.25) is 0 Å². The van der Waals surface area contributed by atoms with Crippen molar-refractivity contribution < 1.29 is 0 Å². The maximum absolute atomic E-state index is 5.94. The summed E-state index contributed by atoms with van der Waals surface area (Å²) in [4.78, 5) is 0. The van der Waals surface area contributed by atoms with Crippen LogP contribution in [0.3, 0.4) is 0 Å². The number of fused-ring (bicyclic) bond motifs is 1. The van der Waals surface area contributed by atoms with Gasteiger partial charge in [-0.3, -0.25) is 0 Å². The van der Waals surface area contributed by atoms with E-state index in [2.05, 4.69) is 0 Å². The van der Waals surface area contributed by atoms with Crippen LogP contribution in [0.15, 0.2) is 0 Å². The molecule has 9 heavy (non-hydrogen) atoms. The van der Waals surface area contributed by atoms with Gasteiger partial charge in [-0.1, -0.05) is 0 Å². The van der Waals surface area contributed by atoms with E-state index in [9.17, 15) is 0 Å². The third-order valence-corrected chi connectivity index (χ3v) is 4.09. The Morgan fingerprint density at radius 2 is 2.22 bits per heavy atom. The molecule has 0 amide bonds. The highest BCUT2D eigenvalue weighted by molar-refractivity contribution is 5.18. The van der Waals surface area contributed by atoms with Gasteiger partial charge in [0.1, 0.15) is 0 Å². The van der Waals surface area contributed by atoms with Crippen molar-refractivity contribution in [3.63, 3.8) is 0 Å². The first-order chi connectivity index (χ1) is 4.32. The van der Waals surface area contributed by atoms with E-state index < -0.39 is 0 Å². The first-order valence-corrected chi connectivity index (χ1v) is 4.07. The Balaban J connectivity index is 1.99. The Morgan fingerprint density at radius 1 is 1.33 bits per heavy atom. The van der Waals surface area contributed by atoms with Crippen molar-refractivity contribution in [2.75, 3.05) is 0 Å². The molecule has 50 valence electrons. The Bertz CT molecular complexity index is 166. The topological polar surface area (TPSA) is 26.0 Å². The van der Waals surface area contributed by atoms with Gasteiger partial charge in [-0.05, 0) is 42.9 Å². The Labute approximate surface area is 55.6 Å². The van der Waals surface area contributed by atoms with Gasteiger partial charge in [-0.25, -0.2) is 0 Å². The lowest BCUT2D eigenvalue weighted by Crippen LogP contribution is -2.49. The predicted molar refractivity (Wildman–Crippen MR) is 35.9 cm³/mol. The summed E-state index contributed by atoms with van der Waals surface area (Å²) in [6, 6.07) is 0.595. The van der Waals surface area contributed by atoms with Crippen LogP contribution in [0, 0.1) is 17.3 Å². The highest BCUT2D eigenvalue weighted by Gasteiger charge is 2.66. The lowest BCUT2D eigenvalue weighted by atomic mass is 9.48. The van der Waals surface area contributed by atoms with Crippen molar-refractivity contribution in [1.82, 2.24) is 0 Å². The minimum atomic E-state index is 0.595. The van der Waals surface area contributed by atoms with E-state index in [4.69, 9.17) is 5.73 Å². The maximum Gasteiger partial charge on any atom is 0.00756 e. The molecule has 0 aromatic rings. The van der Waals surface area contributed by atoms with E-state index in [0.29, 0.717) is 6.04 Å². The van der Waals surface area contributed by atoms with Gasteiger partial charge in [-0.15, -0.1) is 0 Å². The fourth-order valence-corrected chi connectivity index (χ4v) is 3.50. The SMILES string of the molecule is NC1CC23CCC2C1C3. The molecule has 0 aromatic carbocycles. The maximum atomic E-state index is 5.94. The van der Waals surface area contributed by atoms with Crippen LogP contribution in [0.25, 0.3) is 0 Å². The molecule has 2 N–H and O–H groups in total. The smallest absolute Gasteiger partial charge is 0.00756 e. The molecule has 0 aromatic heterocycles. The van der Waals surface area contributed by atoms with Gasteiger partial charge >= 0.3 is 0 Å². The zero-order valence-corrected chi connectivity index (χ0v) is 5.64. The summed E-state index contributed by atoms with van der Waals surface area (Å²) in [7, 11) is 0. The minimum Gasteiger partial charge on any atom is -0.327 e. The highest BCUT2D eigenvalue weighted by Crippen LogP contribution is 2.72. The molecular formula is C8H13N. The van der Waals surface area contributed by atoms with Crippen molar-refractivity contribution in [1.29, 1.82) is 0 Å². The molecule has 4 fully saturated rings. The summed E-state index contributed by atoms with van der Waals surface area (Å²) >= 11 is 0. The van der Waals surface area contributed by atoms with E-state index in [1.165, 1.54) is 25.7 Å². The zero-order chi connectivity index (χ0) is 6.06. The molecule has 4 aliphatic rings. The average molecular weight is 123 g/mol. The molecule has 0 aliphatic heterocycles. The number of hydrogen-bond donors (Lipinski definition) is 1. The van der Waals surface area contributed by atoms with Gasteiger partial charge < -0.3 is 5.73 Å². The second-order valence-electron chi connectivity index (χ2n) is 4.24. The van der Waals surface area contributed by atoms with Gasteiger partial charge in [0.15, 0.2) is 0 Å². The van der Waals surface area contributed by atoms with E-state index in [0.717, 1.165) is 17.3 Å². The van der Waals surface area contributed by atoms with Crippen LogP contribution >= 0.6 is 0 Å². The normalized spacial score (nSPS) is 68.3. The minimum absolute atomic E-state index is 0.595. The zero-order valence-electron chi connectivity index (χ0n) is 5.64. The lowest BCUT2D eigenvalue weighted by Gasteiger charge is -2.57. The summed E-state index contributed by atoms with van der Waals surface area (Å²) in [5.41, 5.74) is 6.76. The number of rotatable bonds is 0. The third kappa shape index (κ3) is 0.315. The monoisotopic (exact) mass is 123 g/mol. The van der Waals surface area contributed by atoms with Crippen LogP contribution in [0.4, 0.5) is 0 Å². The van der Waals surface area contributed by atoms with Crippen LogP contribution in [0.5, 0.6) is 0 Å². The first-order valence-electron chi connectivity index (χ1n) is 4.07. The second-order valence-corrected chi connectivity index (χ2v) is 4.24. The number of hydrogen-bond acceptors (Lipinski definition) is 1. The first kappa shape index (κ1) is 4.73. The summed E-state index contributed by atoms with van der Waals surface area (Å²) < 4.78 is 0. The van der Waals surface area contributed by atoms with Crippen molar-refractivity contribution in [2.24, 2.45) is 23.0 Å². The molecular weight excluding hydrogens is 110 g/mol. The lowest BCUT2D eigenvalue weighted by molar-refractivity contribution is -0.0722. The van der Waals surface area contributed by atoms with Crippen molar-refractivity contribution >= 4 is 0 Å². The predicted octanol–water partition coefficient (Wildman–Crippen LogP) is 1.13. The molecule has 0 heterocycles. The summed E-state index contributed by atoms with van der Waals surface area (Å²) in [5, 5.41) is 0. The van der Waals surface area contributed by atoms with E-state index in [-0.39, 0.29) is 0 Å². The molecule has 1 nitrogen and oxygen atoms in total.